The molecule has 5 heteroatoms. The Bertz CT molecular complexity index is 869. The minimum absolute atomic E-state index is 0.0572. The molecule has 0 radical (unpaired) electrons. The Morgan fingerprint density at radius 1 is 1.07 bits per heavy atom. The van der Waals surface area contributed by atoms with Crippen LogP contribution in [0.5, 0.6) is 0 Å². The quantitative estimate of drug-likeness (QED) is 0.665. The van der Waals surface area contributed by atoms with Crippen LogP contribution in [-0.2, 0) is 22.6 Å². The average molecular weight is 459 g/mol. The number of amides is 2. The maximum absolute atomic E-state index is 13.3. The molecule has 2 aromatic carbocycles. The van der Waals surface area contributed by atoms with Crippen LogP contribution in [0.25, 0.3) is 0 Å². The summed E-state index contributed by atoms with van der Waals surface area (Å²) in [4.78, 5) is 27.8. The lowest BCUT2D eigenvalue weighted by Crippen LogP contribution is -2.52. The van der Waals surface area contributed by atoms with Gasteiger partial charge in [-0.05, 0) is 70.4 Å². The number of benzene rings is 2. The Morgan fingerprint density at radius 3 is 2.28 bits per heavy atom. The molecule has 2 rings (SSSR count). The molecule has 0 aliphatic heterocycles. The molecule has 1 N–H and O–H groups in total. The molecular weight excluding hydrogens is 428 g/mol. The highest BCUT2D eigenvalue weighted by Gasteiger charge is 2.28. The topological polar surface area (TPSA) is 49.4 Å². The zero-order chi connectivity index (χ0) is 21.8. The van der Waals surface area contributed by atoms with Gasteiger partial charge in [0.1, 0.15) is 6.04 Å². The first-order chi connectivity index (χ1) is 13.5. The number of nitrogens with one attached hydrogen (secondary N) is 1. The Labute approximate surface area is 182 Å². The SMILES string of the molecule is Cc1ccc(C)c(CC(=O)N(Cc2ccc(Br)cc2)[C@H](C)C(=O)NC(C)(C)C)c1. The van der Waals surface area contributed by atoms with Crippen molar-refractivity contribution in [1.29, 1.82) is 0 Å². The fraction of sp³-hybridized carbons (Fsp3) is 0.417. The van der Waals surface area contributed by atoms with Crippen LogP contribution in [-0.4, -0.2) is 28.3 Å². The lowest BCUT2D eigenvalue weighted by molar-refractivity contribution is -0.140. The van der Waals surface area contributed by atoms with Crippen LogP contribution in [0.15, 0.2) is 46.9 Å². The third kappa shape index (κ3) is 7.00. The van der Waals surface area contributed by atoms with Crippen molar-refractivity contribution in [2.75, 3.05) is 0 Å². The molecule has 0 heterocycles. The average Bonchev–Trinajstić information content (AvgIpc) is 2.62. The van der Waals surface area contributed by atoms with Gasteiger partial charge in [-0.2, -0.15) is 0 Å². The maximum Gasteiger partial charge on any atom is 0.242 e. The summed E-state index contributed by atoms with van der Waals surface area (Å²) in [5.74, 6) is -0.206. The molecule has 156 valence electrons. The Morgan fingerprint density at radius 2 is 1.69 bits per heavy atom. The first-order valence-electron chi connectivity index (χ1n) is 9.88. The summed E-state index contributed by atoms with van der Waals surface area (Å²) in [5.41, 5.74) is 3.83. The molecule has 0 aliphatic rings. The van der Waals surface area contributed by atoms with E-state index in [1.165, 1.54) is 0 Å². The van der Waals surface area contributed by atoms with Crippen LogP contribution < -0.4 is 5.32 Å². The van der Waals surface area contributed by atoms with Crippen molar-refractivity contribution in [3.05, 3.63) is 69.2 Å². The van der Waals surface area contributed by atoms with Crippen molar-refractivity contribution in [2.45, 2.75) is 66.1 Å². The fourth-order valence-corrected chi connectivity index (χ4v) is 3.36. The van der Waals surface area contributed by atoms with Crippen LogP contribution in [0.4, 0.5) is 0 Å². The number of nitrogens with zero attached hydrogens (tertiary/aromatic N) is 1. The number of aryl methyl sites for hydroxylation is 2. The van der Waals surface area contributed by atoms with Gasteiger partial charge in [0.15, 0.2) is 0 Å². The number of hydrogen-bond acceptors (Lipinski definition) is 2. The predicted molar refractivity (Wildman–Crippen MR) is 122 cm³/mol. The summed E-state index contributed by atoms with van der Waals surface area (Å²) in [6.07, 6.45) is 0.275. The van der Waals surface area contributed by atoms with E-state index < -0.39 is 6.04 Å². The van der Waals surface area contributed by atoms with Gasteiger partial charge < -0.3 is 10.2 Å². The van der Waals surface area contributed by atoms with Crippen molar-refractivity contribution in [3.63, 3.8) is 0 Å². The molecule has 0 unspecified atom stereocenters. The Balaban J connectivity index is 2.29. The highest BCUT2D eigenvalue weighted by molar-refractivity contribution is 9.10. The van der Waals surface area contributed by atoms with Gasteiger partial charge in [0, 0.05) is 16.6 Å². The highest BCUT2D eigenvalue weighted by atomic mass is 79.9. The van der Waals surface area contributed by atoms with Gasteiger partial charge >= 0.3 is 0 Å². The van der Waals surface area contributed by atoms with E-state index in [9.17, 15) is 9.59 Å². The van der Waals surface area contributed by atoms with Gasteiger partial charge in [-0.1, -0.05) is 51.8 Å². The van der Waals surface area contributed by atoms with E-state index in [-0.39, 0.29) is 23.8 Å². The molecule has 0 saturated heterocycles. The summed E-state index contributed by atoms with van der Waals surface area (Å²) >= 11 is 3.44. The molecule has 2 aromatic rings. The van der Waals surface area contributed by atoms with E-state index in [2.05, 4.69) is 21.2 Å². The predicted octanol–water partition coefficient (Wildman–Crippen LogP) is 4.94. The van der Waals surface area contributed by atoms with Gasteiger partial charge in [0.05, 0.1) is 6.42 Å². The van der Waals surface area contributed by atoms with Crippen LogP contribution >= 0.6 is 15.9 Å². The van der Waals surface area contributed by atoms with Crippen molar-refractivity contribution in [3.8, 4) is 0 Å². The molecule has 2 amide bonds. The minimum Gasteiger partial charge on any atom is -0.350 e. The fourth-order valence-electron chi connectivity index (χ4n) is 3.10. The number of rotatable bonds is 6. The lowest BCUT2D eigenvalue weighted by Gasteiger charge is -2.31. The molecule has 1 atom stereocenters. The number of hydrogen-bond donors (Lipinski definition) is 1. The van der Waals surface area contributed by atoms with E-state index in [0.29, 0.717) is 6.54 Å². The zero-order valence-corrected chi connectivity index (χ0v) is 19.8. The molecular formula is C24H31BrN2O2. The third-order valence-corrected chi connectivity index (χ3v) is 5.31. The summed E-state index contributed by atoms with van der Waals surface area (Å²) in [6.45, 7) is 12.0. The largest absolute Gasteiger partial charge is 0.350 e. The third-order valence-electron chi connectivity index (χ3n) is 4.78. The Hall–Kier alpha value is -2.14. The summed E-state index contributed by atoms with van der Waals surface area (Å²) in [7, 11) is 0. The van der Waals surface area contributed by atoms with Crippen molar-refractivity contribution < 1.29 is 9.59 Å². The summed E-state index contributed by atoms with van der Waals surface area (Å²) in [5, 5.41) is 2.99. The minimum atomic E-state index is -0.574. The van der Waals surface area contributed by atoms with Crippen molar-refractivity contribution in [1.82, 2.24) is 10.2 Å². The van der Waals surface area contributed by atoms with E-state index in [1.807, 2.05) is 77.1 Å². The van der Waals surface area contributed by atoms with Gasteiger partial charge in [-0.25, -0.2) is 0 Å². The maximum atomic E-state index is 13.3. The molecule has 0 bridgehead atoms. The van der Waals surface area contributed by atoms with Gasteiger partial charge in [-0.15, -0.1) is 0 Å². The first-order valence-corrected chi connectivity index (χ1v) is 10.7. The smallest absolute Gasteiger partial charge is 0.242 e. The normalized spacial score (nSPS) is 12.4. The summed E-state index contributed by atoms with van der Waals surface area (Å²) in [6, 6.07) is 13.4. The Kier molecular flexibility index (Phi) is 7.64. The van der Waals surface area contributed by atoms with E-state index in [4.69, 9.17) is 0 Å². The molecule has 0 aromatic heterocycles. The lowest BCUT2D eigenvalue weighted by atomic mass is 10.0. The first kappa shape index (κ1) is 23.1. The second kappa shape index (κ2) is 9.57. The standard InChI is InChI=1S/C24H31BrN2O2/c1-16-7-8-17(2)20(13-16)14-22(28)27(15-19-9-11-21(25)12-10-19)18(3)23(29)26-24(4,5)6/h7-13,18H,14-15H2,1-6H3,(H,26,29)/t18-/m1/s1. The molecule has 0 fully saturated rings. The van der Waals surface area contributed by atoms with Gasteiger partial charge in [-0.3, -0.25) is 9.59 Å². The van der Waals surface area contributed by atoms with Crippen LogP contribution in [0.3, 0.4) is 0 Å². The highest BCUT2D eigenvalue weighted by Crippen LogP contribution is 2.18. The molecule has 29 heavy (non-hydrogen) atoms. The zero-order valence-electron chi connectivity index (χ0n) is 18.2. The second-order valence-electron chi connectivity index (χ2n) is 8.67. The van der Waals surface area contributed by atoms with E-state index >= 15 is 0 Å². The van der Waals surface area contributed by atoms with Crippen LogP contribution in [0.2, 0.25) is 0 Å². The van der Waals surface area contributed by atoms with Crippen LogP contribution in [0.1, 0.15) is 49.9 Å². The number of halogens is 1. The number of carbonyl (C=O) groups is 2. The van der Waals surface area contributed by atoms with Crippen LogP contribution in [0, 0.1) is 13.8 Å². The monoisotopic (exact) mass is 458 g/mol. The van der Waals surface area contributed by atoms with Gasteiger partial charge in [0.2, 0.25) is 11.8 Å². The molecule has 0 saturated carbocycles. The van der Waals surface area contributed by atoms with Crippen molar-refractivity contribution >= 4 is 27.7 Å². The molecule has 0 aliphatic carbocycles. The van der Waals surface area contributed by atoms with Crippen molar-refractivity contribution in [2.24, 2.45) is 0 Å². The van der Waals surface area contributed by atoms with E-state index in [1.54, 1.807) is 11.8 Å². The second-order valence-corrected chi connectivity index (χ2v) is 9.59. The molecule has 4 nitrogen and oxygen atoms in total. The molecule has 0 spiro atoms. The van der Waals surface area contributed by atoms with Gasteiger partial charge in [0.25, 0.3) is 0 Å². The summed E-state index contributed by atoms with van der Waals surface area (Å²) < 4.78 is 0.980. The number of carbonyl (C=O) groups excluding carboxylic acids is 2. The van der Waals surface area contributed by atoms with E-state index in [0.717, 1.165) is 26.7 Å².